The molecule has 0 aliphatic carbocycles. The van der Waals surface area contributed by atoms with Crippen molar-refractivity contribution < 1.29 is 18.3 Å². The van der Waals surface area contributed by atoms with Gasteiger partial charge in [0.25, 0.3) is 0 Å². The number of benzene rings is 1. The van der Waals surface area contributed by atoms with E-state index in [1.54, 1.807) is 0 Å². The Morgan fingerprint density at radius 1 is 1.44 bits per heavy atom. The molecule has 2 N–H and O–H groups in total. The van der Waals surface area contributed by atoms with Crippen LogP contribution in [0.4, 0.5) is 14.5 Å². The molecule has 1 aromatic carbocycles. The number of nitrogens with zero attached hydrogens (tertiary/aromatic N) is 2. The molecule has 1 aliphatic heterocycles. The highest BCUT2D eigenvalue weighted by molar-refractivity contribution is 7.99. The smallest absolute Gasteiger partial charge is 0.344 e. The largest absolute Gasteiger partial charge is 0.376 e. The minimum Gasteiger partial charge on any atom is -0.376 e. The maximum absolute atomic E-state index is 13.1. The lowest BCUT2D eigenvalue weighted by molar-refractivity contribution is -0.113. The van der Waals surface area contributed by atoms with Gasteiger partial charge in [-0.25, -0.2) is 18.7 Å². The maximum atomic E-state index is 13.1. The number of thioether (sulfide) groups is 1. The normalized spacial score (nSPS) is 17.0. The molecule has 2 aromatic rings. The van der Waals surface area contributed by atoms with Gasteiger partial charge in [-0.3, -0.25) is 9.36 Å². The Morgan fingerprint density at radius 3 is 3.00 bits per heavy atom. The topological polar surface area (TPSA) is 89.0 Å². The average molecular weight is 370 g/mol. The Hall–Kier alpha value is -2.20. The fraction of sp³-hybridized carbons (Fsp3) is 0.400. The first-order valence-corrected chi connectivity index (χ1v) is 8.66. The number of ether oxygens (including phenoxy) is 1. The zero-order chi connectivity index (χ0) is 17.8. The molecule has 0 saturated carbocycles. The summed E-state index contributed by atoms with van der Waals surface area (Å²) in [7, 11) is 0. The second-order valence-corrected chi connectivity index (χ2v) is 6.47. The molecule has 3 rings (SSSR count). The molecule has 0 bridgehead atoms. The number of aromatic amines is 1. The fourth-order valence-electron chi connectivity index (χ4n) is 2.47. The minimum atomic E-state index is -1.04. The second-order valence-electron chi connectivity index (χ2n) is 5.52. The van der Waals surface area contributed by atoms with Crippen molar-refractivity contribution in [2.24, 2.45) is 0 Å². The Balaban J connectivity index is 1.58. The lowest BCUT2D eigenvalue weighted by Crippen LogP contribution is -2.25. The first-order chi connectivity index (χ1) is 12.0. The van der Waals surface area contributed by atoms with Gasteiger partial charge in [-0.05, 0) is 25.0 Å². The van der Waals surface area contributed by atoms with Crippen LogP contribution < -0.4 is 11.0 Å². The molecular formula is C15H16F2N4O3S. The summed E-state index contributed by atoms with van der Waals surface area (Å²) >= 11 is 1.07. The van der Waals surface area contributed by atoms with Crippen molar-refractivity contribution in [1.82, 2.24) is 14.8 Å². The number of hydrogen-bond acceptors (Lipinski definition) is 5. The third-order valence-electron chi connectivity index (χ3n) is 3.67. The predicted molar refractivity (Wildman–Crippen MR) is 87.5 cm³/mol. The van der Waals surface area contributed by atoms with Crippen molar-refractivity contribution in [2.45, 2.75) is 30.6 Å². The van der Waals surface area contributed by atoms with Crippen LogP contribution in [0.3, 0.4) is 0 Å². The first kappa shape index (κ1) is 17.6. The van der Waals surface area contributed by atoms with Gasteiger partial charge >= 0.3 is 5.69 Å². The van der Waals surface area contributed by atoms with Crippen LogP contribution in [0.5, 0.6) is 0 Å². The molecule has 1 atom stereocenters. The fourth-order valence-corrected chi connectivity index (χ4v) is 3.22. The van der Waals surface area contributed by atoms with Crippen LogP contribution >= 0.6 is 11.8 Å². The number of halogens is 2. The number of rotatable bonds is 6. The van der Waals surface area contributed by atoms with Gasteiger partial charge in [0.1, 0.15) is 0 Å². The number of carbonyl (C=O) groups excluding carboxylic acids is 1. The van der Waals surface area contributed by atoms with Crippen molar-refractivity contribution in [3.63, 3.8) is 0 Å². The first-order valence-electron chi connectivity index (χ1n) is 7.67. The number of carbonyl (C=O) groups is 1. The molecule has 2 heterocycles. The summed E-state index contributed by atoms with van der Waals surface area (Å²) in [6.07, 6.45) is 1.79. The van der Waals surface area contributed by atoms with Crippen LogP contribution in [0.2, 0.25) is 0 Å². The second kappa shape index (κ2) is 7.79. The molecule has 1 fully saturated rings. The summed E-state index contributed by atoms with van der Waals surface area (Å²) < 4.78 is 32.9. The number of anilines is 1. The van der Waals surface area contributed by atoms with Gasteiger partial charge in [0.05, 0.1) is 18.4 Å². The van der Waals surface area contributed by atoms with E-state index in [1.165, 1.54) is 10.6 Å². The standard InChI is InChI=1S/C15H16F2N4O3S/c16-11-4-3-9(6-12(11)17)18-13(22)8-25-15-20-19-14(23)21(15)7-10-2-1-5-24-10/h3-4,6,10H,1-2,5,7-8H2,(H,18,22)(H,19,23). The SMILES string of the molecule is O=C(CSc1n[nH]c(=O)n1CC1CCCO1)Nc1ccc(F)c(F)c1. The Bertz CT molecular complexity index is 817. The molecule has 1 aromatic heterocycles. The van der Waals surface area contributed by atoms with Crippen molar-refractivity contribution in [3.8, 4) is 0 Å². The van der Waals surface area contributed by atoms with Crippen LogP contribution in [0.25, 0.3) is 0 Å². The van der Waals surface area contributed by atoms with E-state index in [4.69, 9.17) is 4.74 Å². The van der Waals surface area contributed by atoms with E-state index in [2.05, 4.69) is 15.5 Å². The lowest BCUT2D eigenvalue weighted by Gasteiger charge is -2.11. The third kappa shape index (κ3) is 4.45. The van der Waals surface area contributed by atoms with Gasteiger partial charge in [-0.1, -0.05) is 11.8 Å². The Labute approximate surface area is 145 Å². The molecule has 1 unspecified atom stereocenters. The molecule has 10 heteroatoms. The number of nitrogens with one attached hydrogen (secondary N) is 2. The highest BCUT2D eigenvalue weighted by Gasteiger charge is 2.20. The van der Waals surface area contributed by atoms with E-state index < -0.39 is 17.5 Å². The van der Waals surface area contributed by atoms with E-state index in [-0.39, 0.29) is 23.2 Å². The minimum absolute atomic E-state index is 0.0329. The molecule has 1 aliphatic rings. The van der Waals surface area contributed by atoms with Gasteiger partial charge in [0.15, 0.2) is 16.8 Å². The van der Waals surface area contributed by atoms with Gasteiger partial charge < -0.3 is 10.1 Å². The Morgan fingerprint density at radius 2 is 2.28 bits per heavy atom. The molecule has 134 valence electrons. The summed E-state index contributed by atoms with van der Waals surface area (Å²) in [5.41, 5.74) is -0.206. The quantitative estimate of drug-likeness (QED) is 0.757. The Kier molecular flexibility index (Phi) is 5.49. The van der Waals surface area contributed by atoms with E-state index >= 15 is 0 Å². The molecular weight excluding hydrogens is 354 g/mol. The molecule has 0 radical (unpaired) electrons. The van der Waals surface area contributed by atoms with Crippen molar-refractivity contribution >= 4 is 23.4 Å². The van der Waals surface area contributed by atoms with E-state index in [1.807, 2.05) is 0 Å². The van der Waals surface area contributed by atoms with Gasteiger partial charge in [0.2, 0.25) is 5.91 Å². The lowest BCUT2D eigenvalue weighted by atomic mass is 10.2. The van der Waals surface area contributed by atoms with Crippen LogP contribution in [-0.2, 0) is 16.1 Å². The van der Waals surface area contributed by atoms with Gasteiger partial charge in [-0.2, -0.15) is 0 Å². The van der Waals surface area contributed by atoms with E-state index in [0.29, 0.717) is 18.3 Å². The van der Waals surface area contributed by atoms with Crippen LogP contribution in [0, 0.1) is 11.6 Å². The van der Waals surface area contributed by atoms with Crippen LogP contribution in [-0.4, -0.2) is 39.1 Å². The molecule has 0 spiro atoms. The molecule has 7 nitrogen and oxygen atoms in total. The number of amides is 1. The summed E-state index contributed by atoms with van der Waals surface area (Å²) in [5, 5.41) is 9.10. The molecule has 1 saturated heterocycles. The average Bonchev–Trinajstić information content (AvgIpc) is 3.21. The number of aromatic nitrogens is 3. The predicted octanol–water partition coefficient (Wildman–Crippen LogP) is 1.76. The number of H-pyrrole nitrogens is 1. The highest BCUT2D eigenvalue weighted by atomic mass is 32.2. The zero-order valence-electron chi connectivity index (χ0n) is 13.1. The van der Waals surface area contributed by atoms with Crippen LogP contribution in [0.1, 0.15) is 12.8 Å². The monoisotopic (exact) mass is 370 g/mol. The molecule has 25 heavy (non-hydrogen) atoms. The van der Waals surface area contributed by atoms with Crippen molar-refractivity contribution in [2.75, 3.05) is 17.7 Å². The van der Waals surface area contributed by atoms with Crippen LogP contribution in [0.15, 0.2) is 28.2 Å². The highest BCUT2D eigenvalue weighted by Crippen LogP contribution is 2.19. The van der Waals surface area contributed by atoms with Crippen molar-refractivity contribution in [1.29, 1.82) is 0 Å². The zero-order valence-corrected chi connectivity index (χ0v) is 13.9. The summed E-state index contributed by atoms with van der Waals surface area (Å²) in [6, 6.07) is 3.10. The van der Waals surface area contributed by atoms with Gasteiger partial charge in [-0.15, -0.1) is 5.10 Å². The number of hydrogen-bond donors (Lipinski definition) is 2. The van der Waals surface area contributed by atoms with Gasteiger partial charge in [0, 0.05) is 18.4 Å². The summed E-state index contributed by atoms with van der Waals surface area (Å²) in [5.74, 6) is -2.48. The summed E-state index contributed by atoms with van der Waals surface area (Å²) in [4.78, 5) is 23.8. The van der Waals surface area contributed by atoms with Crippen molar-refractivity contribution in [3.05, 3.63) is 40.3 Å². The maximum Gasteiger partial charge on any atom is 0.344 e. The van der Waals surface area contributed by atoms with E-state index in [9.17, 15) is 18.4 Å². The molecule has 1 amide bonds. The third-order valence-corrected chi connectivity index (χ3v) is 4.65. The van der Waals surface area contributed by atoms with E-state index in [0.717, 1.165) is 36.7 Å². The summed E-state index contributed by atoms with van der Waals surface area (Å²) in [6.45, 7) is 1.05.